The highest BCUT2D eigenvalue weighted by Crippen LogP contribution is 2.20. The number of hydrogen-bond donors (Lipinski definition) is 0. The number of nitrogens with zero attached hydrogens (tertiary/aromatic N) is 1. The van der Waals surface area contributed by atoms with Crippen molar-refractivity contribution < 1.29 is 9.47 Å². The Morgan fingerprint density at radius 2 is 1.57 bits per heavy atom. The Bertz CT molecular complexity index is 166. The highest BCUT2D eigenvalue weighted by atomic mass is 16.7. The fourth-order valence-corrected chi connectivity index (χ4v) is 1.20. The summed E-state index contributed by atoms with van der Waals surface area (Å²) in [7, 11) is 3.85. The topological polar surface area (TPSA) is 21.7 Å². The Kier molecular flexibility index (Phi) is 6.45. The second kappa shape index (κ2) is 6.76. The molecule has 0 unspecified atom stereocenters. The van der Waals surface area contributed by atoms with Crippen molar-refractivity contribution in [3.63, 3.8) is 0 Å². The summed E-state index contributed by atoms with van der Waals surface area (Å²) in [5.74, 6) is -0.664. The molecule has 3 heteroatoms. The van der Waals surface area contributed by atoms with Crippen LogP contribution in [0.3, 0.4) is 0 Å². The molecule has 0 heterocycles. The quantitative estimate of drug-likeness (QED) is 0.441. The zero-order valence-electron chi connectivity index (χ0n) is 9.45. The van der Waals surface area contributed by atoms with E-state index in [2.05, 4.69) is 13.2 Å². The molecule has 0 atom stereocenters. The van der Waals surface area contributed by atoms with Crippen LogP contribution in [0.15, 0.2) is 25.3 Å². The standard InChI is InChI=1S/C11H21NO2/c1-6-9-13-11(8-3,12(4)5)14-10-7-2/h6-7H,1-2,8-10H2,3-5H3. The normalized spacial score (nSPS) is 11.7. The van der Waals surface area contributed by atoms with Crippen LogP contribution in [0.4, 0.5) is 0 Å². The van der Waals surface area contributed by atoms with Crippen LogP contribution in [0.25, 0.3) is 0 Å². The first-order chi connectivity index (χ1) is 6.63. The molecule has 0 radical (unpaired) electrons. The lowest BCUT2D eigenvalue weighted by Crippen LogP contribution is -2.48. The van der Waals surface area contributed by atoms with Gasteiger partial charge >= 0.3 is 0 Å². The van der Waals surface area contributed by atoms with Crippen LogP contribution in [-0.2, 0) is 9.47 Å². The van der Waals surface area contributed by atoms with Crippen LogP contribution in [0.1, 0.15) is 13.3 Å². The third-order valence-electron chi connectivity index (χ3n) is 1.98. The number of rotatable bonds is 8. The van der Waals surface area contributed by atoms with Gasteiger partial charge < -0.3 is 9.47 Å². The van der Waals surface area contributed by atoms with Gasteiger partial charge in [0.1, 0.15) is 0 Å². The molecule has 0 bridgehead atoms. The third-order valence-corrected chi connectivity index (χ3v) is 1.98. The zero-order chi connectivity index (χ0) is 11.0. The monoisotopic (exact) mass is 199 g/mol. The van der Waals surface area contributed by atoms with Gasteiger partial charge in [0.25, 0.3) is 0 Å². The van der Waals surface area contributed by atoms with Crippen molar-refractivity contribution in [1.82, 2.24) is 4.90 Å². The smallest absolute Gasteiger partial charge is 0.229 e. The lowest BCUT2D eigenvalue weighted by Gasteiger charge is -2.37. The van der Waals surface area contributed by atoms with Gasteiger partial charge in [-0.25, -0.2) is 0 Å². The second-order valence-electron chi connectivity index (χ2n) is 3.16. The summed E-state index contributed by atoms with van der Waals surface area (Å²) in [6.45, 7) is 10.2. The van der Waals surface area contributed by atoms with Crippen LogP contribution < -0.4 is 0 Å². The van der Waals surface area contributed by atoms with E-state index in [0.717, 1.165) is 6.42 Å². The van der Waals surface area contributed by atoms with Gasteiger partial charge in [-0.1, -0.05) is 19.1 Å². The molecule has 0 aromatic heterocycles. The highest BCUT2D eigenvalue weighted by molar-refractivity contribution is 4.73. The van der Waals surface area contributed by atoms with E-state index in [-0.39, 0.29) is 0 Å². The Balaban J connectivity index is 4.41. The van der Waals surface area contributed by atoms with Crippen molar-refractivity contribution >= 4 is 0 Å². The van der Waals surface area contributed by atoms with Crippen LogP contribution >= 0.6 is 0 Å². The van der Waals surface area contributed by atoms with Crippen LogP contribution in [-0.4, -0.2) is 38.1 Å². The molecule has 0 N–H and O–H groups in total. The van der Waals surface area contributed by atoms with E-state index in [9.17, 15) is 0 Å². The van der Waals surface area contributed by atoms with Gasteiger partial charge in [0.2, 0.25) is 5.91 Å². The van der Waals surface area contributed by atoms with Crippen LogP contribution in [0.5, 0.6) is 0 Å². The summed E-state index contributed by atoms with van der Waals surface area (Å²) >= 11 is 0. The van der Waals surface area contributed by atoms with Crippen molar-refractivity contribution in [3.05, 3.63) is 25.3 Å². The first-order valence-corrected chi connectivity index (χ1v) is 4.80. The van der Waals surface area contributed by atoms with Gasteiger partial charge in [-0.2, -0.15) is 0 Å². The van der Waals surface area contributed by atoms with Crippen LogP contribution in [0.2, 0.25) is 0 Å². The molecule has 0 aliphatic heterocycles. The van der Waals surface area contributed by atoms with E-state index in [0.29, 0.717) is 13.2 Å². The van der Waals surface area contributed by atoms with Crippen molar-refractivity contribution in [2.24, 2.45) is 0 Å². The van der Waals surface area contributed by atoms with E-state index in [1.54, 1.807) is 12.2 Å². The van der Waals surface area contributed by atoms with E-state index in [1.165, 1.54) is 0 Å². The summed E-state index contributed by atoms with van der Waals surface area (Å²) in [6, 6.07) is 0. The van der Waals surface area contributed by atoms with E-state index >= 15 is 0 Å². The molecular formula is C11H21NO2. The largest absolute Gasteiger partial charge is 0.333 e. The Hall–Kier alpha value is -0.640. The zero-order valence-corrected chi connectivity index (χ0v) is 9.45. The summed E-state index contributed by atoms with van der Waals surface area (Å²) < 4.78 is 11.3. The molecule has 0 aliphatic carbocycles. The molecule has 0 amide bonds. The lowest BCUT2D eigenvalue weighted by molar-refractivity contribution is -0.299. The van der Waals surface area contributed by atoms with Crippen molar-refractivity contribution in [1.29, 1.82) is 0 Å². The van der Waals surface area contributed by atoms with E-state index < -0.39 is 5.91 Å². The fourth-order valence-electron chi connectivity index (χ4n) is 1.20. The second-order valence-corrected chi connectivity index (χ2v) is 3.16. The van der Waals surface area contributed by atoms with Gasteiger partial charge in [0, 0.05) is 6.42 Å². The van der Waals surface area contributed by atoms with E-state index in [1.807, 2.05) is 25.9 Å². The summed E-state index contributed by atoms with van der Waals surface area (Å²) in [5.41, 5.74) is 0. The highest BCUT2D eigenvalue weighted by Gasteiger charge is 2.32. The Morgan fingerprint density at radius 3 is 1.79 bits per heavy atom. The molecule has 0 spiro atoms. The molecule has 0 aromatic rings. The van der Waals surface area contributed by atoms with Gasteiger partial charge in [-0.05, 0) is 14.1 Å². The van der Waals surface area contributed by atoms with Gasteiger partial charge in [-0.15, -0.1) is 13.2 Å². The number of hydrogen-bond acceptors (Lipinski definition) is 3. The molecule has 82 valence electrons. The molecule has 14 heavy (non-hydrogen) atoms. The van der Waals surface area contributed by atoms with Gasteiger partial charge in [0.05, 0.1) is 13.2 Å². The summed E-state index contributed by atoms with van der Waals surface area (Å²) in [4.78, 5) is 1.92. The van der Waals surface area contributed by atoms with E-state index in [4.69, 9.17) is 9.47 Å². The molecule has 0 aromatic carbocycles. The van der Waals surface area contributed by atoms with Gasteiger partial charge in [0.15, 0.2) is 0 Å². The van der Waals surface area contributed by atoms with Crippen LogP contribution in [0, 0.1) is 0 Å². The average Bonchev–Trinajstić information content (AvgIpc) is 2.18. The molecule has 0 saturated carbocycles. The van der Waals surface area contributed by atoms with Crippen molar-refractivity contribution in [2.75, 3.05) is 27.3 Å². The average molecular weight is 199 g/mol. The Labute approximate surface area is 87.0 Å². The molecule has 0 aliphatic rings. The molecule has 0 saturated heterocycles. The summed E-state index contributed by atoms with van der Waals surface area (Å²) in [5, 5.41) is 0. The first kappa shape index (κ1) is 13.4. The van der Waals surface area contributed by atoms with Gasteiger partial charge in [-0.3, -0.25) is 4.90 Å². The fraction of sp³-hybridized carbons (Fsp3) is 0.636. The minimum Gasteiger partial charge on any atom is -0.333 e. The molecular weight excluding hydrogens is 178 g/mol. The molecule has 0 fully saturated rings. The van der Waals surface area contributed by atoms with Crippen molar-refractivity contribution in [3.8, 4) is 0 Å². The molecule has 3 nitrogen and oxygen atoms in total. The number of ether oxygens (including phenoxy) is 2. The van der Waals surface area contributed by atoms with Crippen molar-refractivity contribution in [2.45, 2.75) is 19.3 Å². The SMILES string of the molecule is C=CCOC(CC)(OCC=C)N(C)C. The minimum absolute atomic E-state index is 0.475. The first-order valence-electron chi connectivity index (χ1n) is 4.80. The predicted molar refractivity (Wildman–Crippen MR) is 59.0 cm³/mol. The summed E-state index contributed by atoms with van der Waals surface area (Å²) in [6.07, 6.45) is 4.18. The Morgan fingerprint density at radius 1 is 1.14 bits per heavy atom. The third kappa shape index (κ3) is 3.62. The maximum Gasteiger partial charge on any atom is 0.229 e. The molecule has 0 rings (SSSR count). The lowest BCUT2D eigenvalue weighted by atomic mass is 10.3. The predicted octanol–water partition coefficient (Wildman–Crippen LogP) is 2.02. The minimum atomic E-state index is -0.664. The maximum atomic E-state index is 5.63. The maximum absolute atomic E-state index is 5.63.